The van der Waals surface area contributed by atoms with Crippen molar-refractivity contribution in [2.24, 2.45) is 12.8 Å². The average Bonchev–Trinajstić information content (AvgIpc) is 3.13. The normalized spacial score (nSPS) is 12.5. The van der Waals surface area contributed by atoms with Crippen LogP contribution in [0.3, 0.4) is 0 Å². The van der Waals surface area contributed by atoms with Crippen LogP contribution in [-0.4, -0.2) is 24.8 Å². The number of para-hydroxylation sites is 1. The van der Waals surface area contributed by atoms with Crippen LogP contribution in [0.5, 0.6) is 0 Å². The summed E-state index contributed by atoms with van der Waals surface area (Å²) < 4.78 is 3.57. The molecule has 21 heavy (non-hydrogen) atoms. The molecule has 0 aliphatic rings. The van der Waals surface area contributed by atoms with Crippen LogP contribution in [0.4, 0.5) is 0 Å². The van der Waals surface area contributed by atoms with Gasteiger partial charge in [-0.3, -0.25) is 4.68 Å². The van der Waals surface area contributed by atoms with Crippen molar-refractivity contribution in [2.75, 3.05) is 0 Å². The van der Waals surface area contributed by atoms with E-state index in [0.717, 1.165) is 29.1 Å². The minimum atomic E-state index is -0.302. The van der Waals surface area contributed by atoms with E-state index < -0.39 is 0 Å². The van der Waals surface area contributed by atoms with Gasteiger partial charge in [-0.15, -0.1) is 5.10 Å². The van der Waals surface area contributed by atoms with Gasteiger partial charge in [0.2, 0.25) is 0 Å². The first kappa shape index (κ1) is 13.5. The van der Waals surface area contributed by atoms with Crippen LogP contribution in [0.25, 0.3) is 5.69 Å². The van der Waals surface area contributed by atoms with Crippen molar-refractivity contribution < 1.29 is 0 Å². The molecule has 0 aliphatic heterocycles. The number of aromatic nitrogens is 5. The third kappa shape index (κ3) is 2.45. The van der Waals surface area contributed by atoms with E-state index in [4.69, 9.17) is 5.73 Å². The fourth-order valence-electron chi connectivity index (χ4n) is 2.47. The maximum absolute atomic E-state index is 6.43. The summed E-state index contributed by atoms with van der Waals surface area (Å²) in [5.41, 5.74) is 10.3. The van der Waals surface area contributed by atoms with Gasteiger partial charge in [-0.05, 0) is 18.6 Å². The van der Waals surface area contributed by atoms with Crippen molar-refractivity contribution >= 4 is 0 Å². The molecule has 0 bridgehead atoms. The Labute approximate surface area is 123 Å². The molecular weight excluding hydrogens is 264 g/mol. The fourth-order valence-corrected chi connectivity index (χ4v) is 2.47. The Hall–Kier alpha value is -2.47. The minimum absolute atomic E-state index is 0.302. The van der Waals surface area contributed by atoms with Crippen LogP contribution in [0, 0.1) is 0 Å². The lowest BCUT2D eigenvalue weighted by atomic mass is 10.0. The highest BCUT2D eigenvalue weighted by atomic mass is 15.4. The number of hydrogen-bond donors (Lipinski definition) is 1. The SMILES string of the molecule is CCc1nn(C)cc1C(N)c1cnnn1-c1ccccc1. The first-order chi connectivity index (χ1) is 10.2. The summed E-state index contributed by atoms with van der Waals surface area (Å²) in [6, 6.07) is 9.56. The van der Waals surface area contributed by atoms with Gasteiger partial charge in [0, 0.05) is 18.8 Å². The molecule has 1 aromatic carbocycles. The highest BCUT2D eigenvalue weighted by Crippen LogP contribution is 2.23. The zero-order valence-electron chi connectivity index (χ0n) is 12.1. The molecule has 0 saturated carbocycles. The summed E-state index contributed by atoms with van der Waals surface area (Å²) in [5.74, 6) is 0. The average molecular weight is 282 g/mol. The lowest BCUT2D eigenvalue weighted by Gasteiger charge is -2.13. The Morgan fingerprint density at radius 3 is 2.71 bits per heavy atom. The lowest BCUT2D eigenvalue weighted by molar-refractivity contribution is 0.715. The summed E-state index contributed by atoms with van der Waals surface area (Å²) in [4.78, 5) is 0. The lowest BCUT2D eigenvalue weighted by Crippen LogP contribution is -2.17. The van der Waals surface area contributed by atoms with Gasteiger partial charge in [0.15, 0.2) is 0 Å². The Balaban J connectivity index is 2.03. The van der Waals surface area contributed by atoms with E-state index in [1.165, 1.54) is 0 Å². The van der Waals surface area contributed by atoms with Crippen molar-refractivity contribution in [3.05, 3.63) is 59.7 Å². The number of rotatable bonds is 4. The summed E-state index contributed by atoms with van der Waals surface area (Å²) >= 11 is 0. The van der Waals surface area contributed by atoms with Crippen molar-refractivity contribution in [3.63, 3.8) is 0 Å². The predicted octanol–water partition coefficient (Wildman–Crippen LogP) is 1.61. The zero-order chi connectivity index (χ0) is 14.8. The second kappa shape index (κ2) is 5.49. The molecule has 108 valence electrons. The highest BCUT2D eigenvalue weighted by Gasteiger charge is 2.20. The predicted molar refractivity (Wildman–Crippen MR) is 80.0 cm³/mol. The van der Waals surface area contributed by atoms with Gasteiger partial charge in [-0.1, -0.05) is 30.3 Å². The minimum Gasteiger partial charge on any atom is -0.319 e. The number of nitrogens with two attached hydrogens (primary N) is 1. The van der Waals surface area contributed by atoms with Crippen molar-refractivity contribution in [3.8, 4) is 5.69 Å². The second-order valence-corrected chi connectivity index (χ2v) is 4.94. The zero-order valence-corrected chi connectivity index (χ0v) is 12.1. The van der Waals surface area contributed by atoms with Gasteiger partial charge >= 0.3 is 0 Å². The van der Waals surface area contributed by atoms with Crippen LogP contribution in [-0.2, 0) is 13.5 Å². The van der Waals surface area contributed by atoms with Gasteiger partial charge in [0.25, 0.3) is 0 Å². The summed E-state index contributed by atoms with van der Waals surface area (Å²) in [6.45, 7) is 2.07. The standard InChI is InChI=1S/C15H18N6/c1-3-13-12(10-20(2)18-13)15(16)14-9-17-19-21(14)11-7-5-4-6-8-11/h4-10,15H,3,16H2,1-2H3. The molecule has 6 heteroatoms. The summed E-state index contributed by atoms with van der Waals surface area (Å²) in [5, 5.41) is 12.6. The summed E-state index contributed by atoms with van der Waals surface area (Å²) in [6.07, 6.45) is 4.52. The first-order valence-corrected chi connectivity index (χ1v) is 6.94. The molecule has 0 aliphatic carbocycles. The van der Waals surface area contributed by atoms with Crippen LogP contribution in [0.1, 0.15) is 29.9 Å². The largest absolute Gasteiger partial charge is 0.319 e. The smallest absolute Gasteiger partial charge is 0.0859 e. The number of benzene rings is 1. The molecule has 0 radical (unpaired) electrons. The topological polar surface area (TPSA) is 74.6 Å². The van der Waals surface area contributed by atoms with Crippen LogP contribution in [0.2, 0.25) is 0 Å². The quantitative estimate of drug-likeness (QED) is 0.789. The molecule has 1 unspecified atom stereocenters. The van der Waals surface area contributed by atoms with Gasteiger partial charge in [-0.25, -0.2) is 4.68 Å². The molecule has 1 atom stereocenters. The van der Waals surface area contributed by atoms with E-state index in [-0.39, 0.29) is 6.04 Å². The van der Waals surface area contributed by atoms with Gasteiger partial charge in [0.05, 0.1) is 29.3 Å². The van der Waals surface area contributed by atoms with Crippen LogP contribution < -0.4 is 5.73 Å². The molecule has 2 N–H and O–H groups in total. The molecule has 3 rings (SSSR count). The summed E-state index contributed by atoms with van der Waals surface area (Å²) in [7, 11) is 1.90. The van der Waals surface area contributed by atoms with Crippen LogP contribution in [0.15, 0.2) is 42.7 Å². The van der Waals surface area contributed by atoms with E-state index in [1.54, 1.807) is 15.6 Å². The second-order valence-electron chi connectivity index (χ2n) is 4.94. The fraction of sp³-hybridized carbons (Fsp3) is 0.267. The number of nitrogens with zero attached hydrogens (tertiary/aromatic N) is 5. The molecular formula is C15H18N6. The Bertz CT molecular complexity index is 728. The van der Waals surface area contributed by atoms with Crippen LogP contribution >= 0.6 is 0 Å². The molecule has 2 aromatic heterocycles. The molecule has 0 amide bonds. The molecule has 0 spiro atoms. The monoisotopic (exact) mass is 282 g/mol. The third-order valence-corrected chi connectivity index (χ3v) is 3.50. The molecule has 2 heterocycles. The Morgan fingerprint density at radius 2 is 2.00 bits per heavy atom. The Kier molecular flexibility index (Phi) is 3.53. The van der Waals surface area contributed by atoms with E-state index in [0.29, 0.717) is 0 Å². The van der Waals surface area contributed by atoms with Crippen molar-refractivity contribution in [1.82, 2.24) is 24.8 Å². The molecule has 0 saturated heterocycles. The van der Waals surface area contributed by atoms with Gasteiger partial charge < -0.3 is 5.73 Å². The molecule has 0 fully saturated rings. The van der Waals surface area contributed by atoms with Gasteiger partial charge in [-0.2, -0.15) is 5.10 Å². The van der Waals surface area contributed by atoms with Gasteiger partial charge in [0.1, 0.15) is 0 Å². The third-order valence-electron chi connectivity index (χ3n) is 3.50. The molecule has 3 aromatic rings. The number of aryl methyl sites for hydroxylation is 2. The van der Waals surface area contributed by atoms with E-state index in [2.05, 4.69) is 22.3 Å². The van der Waals surface area contributed by atoms with Crippen molar-refractivity contribution in [1.29, 1.82) is 0 Å². The van der Waals surface area contributed by atoms with E-state index in [1.807, 2.05) is 43.6 Å². The Morgan fingerprint density at radius 1 is 1.24 bits per heavy atom. The maximum atomic E-state index is 6.43. The number of hydrogen-bond acceptors (Lipinski definition) is 4. The van der Waals surface area contributed by atoms with E-state index in [9.17, 15) is 0 Å². The van der Waals surface area contributed by atoms with E-state index >= 15 is 0 Å². The first-order valence-electron chi connectivity index (χ1n) is 6.94. The highest BCUT2D eigenvalue weighted by molar-refractivity contribution is 5.35. The van der Waals surface area contributed by atoms with Crippen molar-refractivity contribution in [2.45, 2.75) is 19.4 Å². The molecule has 6 nitrogen and oxygen atoms in total. The maximum Gasteiger partial charge on any atom is 0.0859 e.